The minimum absolute atomic E-state index is 0.122. The van der Waals surface area contributed by atoms with Gasteiger partial charge in [-0.2, -0.15) is 5.26 Å². The fourth-order valence-electron chi connectivity index (χ4n) is 1.89. The highest BCUT2D eigenvalue weighted by molar-refractivity contribution is 5.97. The molecule has 2 aromatic carbocycles. The molecule has 2 aromatic rings. The van der Waals surface area contributed by atoms with E-state index in [1.54, 1.807) is 30.3 Å². The predicted molar refractivity (Wildman–Crippen MR) is 78.8 cm³/mol. The molecule has 0 radical (unpaired) electrons. The van der Waals surface area contributed by atoms with Crippen molar-refractivity contribution in [3.8, 4) is 23.3 Å². The third-order valence-electron chi connectivity index (χ3n) is 2.86. The fraction of sp³-hybridized carbons (Fsp3) is 0.176. The van der Waals surface area contributed by atoms with Gasteiger partial charge in [0.05, 0.1) is 23.8 Å². The summed E-state index contributed by atoms with van der Waals surface area (Å²) in [5.74, 6) is 1.34. The maximum atomic E-state index is 11.7. The molecule has 0 heterocycles. The van der Waals surface area contributed by atoms with Crippen LogP contribution in [-0.4, -0.2) is 12.4 Å². The van der Waals surface area contributed by atoms with E-state index >= 15 is 0 Å². The molecular formula is C17H15NO3. The highest BCUT2D eigenvalue weighted by Gasteiger charge is 2.13. The molecule has 106 valence electrons. The Kier molecular flexibility index (Phi) is 4.57. The second kappa shape index (κ2) is 6.58. The summed E-state index contributed by atoms with van der Waals surface area (Å²) in [5.41, 5.74) is 0.865. The summed E-state index contributed by atoms with van der Waals surface area (Å²) in [6.07, 6.45) is 0. The zero-order chi connectivity index (χ0) is 15.2. The normalized spacial score (nSPS) is 9.76. The first-order valence-electron chi connectivity index (χ1n) is 6.60. The van der Waals surface area contributed by atoms with E-state index in [9.17, 15) is 4.79 Å². The maximum Gasteiger partial charge on any atom is 0.169 e. The largest absolute Gasteiger partial charge is 0.490 e. The molecule has 0 fully saturated rings. The average molecular weight is 281 g/mol. The Bertz CT molecular complexity index is 701. The molecule has 0 N–H and O–H groups in total. The van der Waals surface area contributed by atoms with Crippen molar-refractivity contribution in [2.24, 2.45) is 0 Å². The fourth-order valence-corrected chi connectivity index (χ4v) is 1.89. The number of nitrogens with zero attached hydrogens (tertiary/aromatic N) is 1. The summed E-state index contributed by atoms with van der Waals surface area (Å²) in [7, 11) is 0. The van der Waals surface area contributed by atoms with Crippen molar-refractivity contribution in [2.45, 2.75) is 13.8 Å². The van der Waals surface area contributed by atoms with Gasteiger partial charge < -0.3 is 9.47 Å². The third kappa shape index (κ3) is 3.40. The van der Waals surface area contributed by atoms with Crippen LogP contribution in [0.3, 0.4) is 0 Å². The standard InChI is InChI=1S/C17H15NO3/c1-3-20-15-6-4-5-7-16(15)21-17-10-13(11-18)8-9-14(17)12(2)19/h4-10H,3H2,1-2H3. The van der Waals surface area contributed by atoms with Crippen molar-refractivity contribution in [1.29, 1.82) is 5.26 Å². The topological polar surface area (TPSA) is 59.3 Å². The van der Waals surface area contributed by atoms with Gasteiger partial charge in [-0.1, -0.05) is 12.1 Å². The van der Waals surface area contributed by atoms with Crippen LogP contribution in [0.15, 0.2) is 42.5 Å². The van der Waals surface area contributed by atoms with Gasteiger partial charge in [-0.05, 0) is 44.2 Å². The number of benzene rings is 2. The number of ether oxygens (including phenoxy) is 2. The Morgan fingerprint density at radius 2 is 1.86 bits per heavy atom. The minimum Gasteiger partial charge on any atom is -0.490 e. The summed E-state index contributed by atoms with van der Waals surface area (Å²) in [4.78, 5) is 11.7. The van der Waals surface area contributed by atoms with Gasteiger partial charge in [-0.15, -0.1) is 0 Å². The number of carbonyl (C=O) groups excluding carboxylic acids is 1. The molecule has 2 rings (SSSR count). The maximum absolute atomic E-state index is 11.7. The van der Waals surface area contributed by atoms with Crippen LogP contribution in [0.25, 0.3) is 0 Å². The van der Waals surface area contributed by atoms with Gasteiger partial charge in [0, 0.05) is 0 Å². The molecular weight excluding hydrogens is 266 g/mol. The van der Waals surface area contributed by atoms with Crippen LogP contribution >= 0.6 is 0 Å². The van der Waals surface area contributed by atoms with Crippen LogP contribution in [0.1, 0.15) is 29.8 Å². The molecule has 0 aliphatic heterocycles. The Labute approximate surface area is 123 Å². The van der Waals surface area contributed by atoms with Gasteiger partial charge in [0.1, 0.15) is 5.75 Å². The number of nitriles is 1. The van der Waals surface area contributed by atoms with Gasteiger partial charge in [0.2, 0.25) is 0 Å². The molecule has 0 bridgehead atoms. The first-order chi connectivity index (χ1) is 10.2. The molecule has 0 saturated heterocycles. The summed E-state index contributed by atoms with van der Waals surface area (Å²) in [6, 6.07) is 14.0. The lowest BCUT2D eigenvalue weighted by molar-refractivity contribution is 0.101. The van der Waals surface area contributed by atoms with Crippen molar-refractivity contribution in [1.82, 2.24) is 0 Å². The molecule has 0 aliphatic rings. The summed E-state index contributed by atoms with van der Waals surface area (Å²) < 4.78 is 11.3. The van der Waals surface area contributed by atoms with Crippen molar-refractivity contribution in [3.05, 3.63) is 53.6 Å². The van der Waals surface area contributed by atoms with Gasteiger partial charge in [-0.3, -0.25) is 4.79 Å². The molecule has 0 aliphatic carbocycles. The lowest BCUT2D eigenvalue weighted by atomic mass is 10.1. The Balaban J connectivity index is 2.43. The first kappa shape index (κ1) is 14.6. The SMILES string of the molecule is CCOc1ccccc1Oc1cc(C#N)ccc1C(C)=O. The van der Waals surface area contributed by atoms with Crippen LogP contribution in [0.4, 0.5) is 0 Å². The van der Waals surface area contributed by atoms with Crippen molar-refractivity contribution >= 4 is 5.78 Å². The number of ketones is 1. The number of carbonyl (C=O) groups is 1. The van der Waals surface area contributed by atoms with E-state index in [4.69, 9.17) is 14.7 Å². The molecule has 0 aromatic heterocycles. The first-order valence-corrected chi connectivity index (χ1v) is 6.60. The number of Topliss-reactive ketones (excluding diaryl/α,β-unsaturated/α-hetero) is 1. The molecule has 21 heavy (non-hydrogen) atoms. The summed E-state index contributed by atoms with van der Waals surface area (Å²) >= 11 is 0. The Morgan fingerprint density at radius 1 is 1.14 bits per heavy atom. The van der Waals surface area contributed by atoms with Gasteiger partial charge >= 0.3 is 0 Å². The molecule has 4 nitrogen and oxygen atoms in total. The van der Waals surface area contributed by atoms with E-state index < -0.39 is 0 Å². The van der Waals surface area contributed by atoms with E-state index in [2.05, 4.69) is 0 Å². The highest BCUT2D eigenvalue weighted by atomic mass is 16.5. The van der Waals surface area contributed by atoms with E-state index in [0.717, 1.165) is 0 Å². The second-order valence-corrected chi connectivity index (χ2v) is 4.36. The monoisotopic (exact) mass is 281 g/mol. The minimum atomic E-state index is -0.122. The second-order valence-electron chi connectivity index (χ2n) is 4.36. The van der Waals surface area contributed by atoms with E-state index in [1.165, 1.54) is 6.92 Å². The number of hydrogen-bond acceptors (Lipinski definition) is 4. The molecule has 4 heteroatoms. The van der Waals surface area contributed by atoms with Gasteiger partial charge in [0.25, 0.3) is 0 Å². The quantitative estimate of drug-likeness (QED) is 0.778. The van der Waals surface area contributed by atoms with Crippen LogP contribution in [0.2, 0.25) is 0 Å². The Hall–Kier alpha value is -2.80. The average Bonchev–Trinajstić information content (AvgIpc) is 2.49. The van der Waals surface area contributed by atoms with Crippen molar-refractivity contribution in [2.75, 3.05) is 6.61 Å². The van der Waals surface area contributed by atoms with Crippen LogP contribution in [0.5, 0.6) is 17.2 Å². The van der Waals surface area contributed by atoms with E-state index in [0.29, 0.717) is 35.0 Å². The smallest absolute Gasteiger partial charge is 0.169 e. The predicted octanol–water partition coefficient (Wildman–Crippen LogP) is 3.95. The zero-order valence-electron chi connectivity index (χ0n) is 11.9. The lowest BCUT2D eigenvalue weighted by Crippen LogP contribution is -1.99. The van der Waals surface area contributed by atoms with E-state index in [1.807, 2.05) is 25.1 Å². The zero-order valence-corrected chi connectivity index (χ0v) is 11.9. The highest BCUT2D eigenvalue weighted by Crippen LogP contribution is 2.33. The Morgan fingerprint density at radius 3 is 2.48 bits per heavy atom. The van der Waals surface area contributed by atoms with Crippen molar-refractivity contribution < 1.29 is 14.3 Å². The molecule has 0 atom stereocenters. The van der Waals surface area contributed by atoms with Crippen molar-refractivity contribution in [3.63, 3.8) is 0 Å². The van der Waals surface area contributed by atoms with E-state index in [-0.39, 0.29) is 5.78 Å². The number of rotatable bonds is 5. The molecule has 0 unspecified atom stereocenters. The van der Waals surface area contributed by atoms with Crippen LogP contribution in [0, 0.1) is 11.3 Å². The van der Waals surface area contributed by atoms with Crippen LogP contribution in [-0.2, 0) is 0 Å². The third-order valence-corrected chi connectivity index (χ3v) is 2.86. The molecule has 0 saturated carbocycles. The van der Waals surface area contributed by atoms with Gasteiger partial charge in [0.15, 0.2) is 17.3 Å². The number of para-hydroxylation sites is 2. The summed E-state index contributed by atoms with van der Waals surface area (Å²) in [5, 5.41) is 8.98. The lowest BCUT2D eigenvalue weighted by Gasteiger charge is -2.13. The van der Waals surface area contributed by atoms with Gasteiger partial charge in [-0.25, -0.2) is 0 Å². The number of hydrogen-bond donors (Lipinski definition) is 0. The van der Waals surface area contributed by atoms with Crippen LogP contribution < -0.4 is 9.47 Å². The molecule has 0 amide bonds. The molecule has 0 spiro atoms. The summed E-state index contributed by atoms with van der Waals surface area (Å²) in [6.45, 7) is 3.86.